The minimum absolute atomic E-state index is 0.309. The van der Waals surface area contributed by atoms with Crippen molar-refractivity contribution in [1.29, 1.82) is 0 Å². The zero-order chi connectivity index (χ0) is 25.1. The molecule has 2 aliphatic heterocycles. The molecule has 0 aliphatic carbocycles. The van der Waals surface area contributed by atoms with Gasteiger partial charge in [-0.2, -0.15) is 22.0 Å². The molecular formula is C20H17F6N3O5. The summed E-state index contributed by atoms with van der Waals surface area (Å²) in [5, 5.41) is 10.2. The Morgan fingerprint density at radius 1 is 1.24 bits per heavy atom. The number of pyridine rings is 1. The molecule has 14 heteroatoms. The van der Waals surface area contributed by atoms with Crippen molar-refractivity contribution in [3.05, 3.63) is 48.0 Å². The minimum Gasteiger partial charge on any atom is -0.475 e. The van der Waals surface area contributed by atoms with Gasteiger partial charge in [-0.25, -0.2) is 14.0 Å². The van der Waals surface area contributed by atoms with Gasteiger partial charge in [0.2, 0.25) is 0 Å². The van der Waals surface area contributed by atoms with Gasteiger partial charge in [-0.3, -0.25) is 9.88 Å². The van der Waals surface area contributed by atoms with E-state index in [2.05, 4.69) is 15.0 Å². The summed E-state index contributed by atoms with van der Waals surface area (Å²) in [6, 6.07) is 5.48. The van der Waals surface area contributed by atoms with Crippen LogP contribution in [0.2, 0.25) is 0 Å². The van der Waals surface area contributed by atoms with E-state index in [1.165, 1.54) is 18.3 Å². The summed E-state index contributed by atoms with van der Waals surface area (Å²) in [7, 11) is 0. The summed E-state index contributed by atoms with van der Waals surface area (Å²) in [6.07, 6.45) is -2.32. The van der Waals surface area contributed by atoms with Gasteiger partial charge >= 0.3 is 24.9 Å². The summed E-state index contributed by atoms with van der Waals surface area (Å²) in [4.78, 5) is 26.7. The smallest absolute Gasteiger partial charge is 0.475 e. The van der Waals surface area contributed by atoms with Crippen LogP contribution in [-0.2, 0) is 16.1 Å². The molecule has 0 atom stereocenters. The van der Waals surface area contributed by atoms with Gasteiger partial charge < -0.3 is 19.9 Å². The molecule has 1 aromatic carbocycles. The fraction of sp³-hybridized carbons (Fsp3) is 0.350. The minimum atomic E-state index is -5.08. The number of amides is 1. The van der Waals surface area contributed by atoms with E-state index in [0.717, 1.165) is 11.6 Å². The second-order valence-electron chi connectivity index (χ2n) is 7.42. The van der Waals surface area contributed by atoms with Gasteiger partial charge in [0.1, 0.15) is 0 Å². The van der Waals surface area contributed by atoms with E-state index < -0.39 is 35.9 Å². The first kappa shape index (κ1) is 25.1. The average molecular weight is 493 g/mol. The zero-order valence-electron chi connectivity index (χ0n) is 17.1. The highest BCUT2D eigenvalue weighted by Crippen LogP contribution is 2.30. The average Bonchev–Trinajstić information content (AvgIpc) is 3.06. The molecule has 0 unspecified atom stereocenters. The third kappa shape index (κ3) is 6.07. The number of hydrogen-bond acceptors (Lipinski definition) is 6. The lowest BCUT2D eigenvalue weighted by atomic mass is 9.97. The second-order valence-corrected chi connectivity index (χ2v) is 7.42. The van der Waals surface area contributed by atoms with Gasteiger partial charge in [0.15, 0.2) is 17.2 Å². The molecule has 4 rings (SSSR count). The van der Waals surface area contributed by atoms with Crippen LogP contribution in [0, 0.1) is 5.82 Å². The van der Waals surface area contributed by atoms with Gasteiger partial charge in [-0.15, -0.1) is 0 Å². The van der Waals surface area contributed by atoms with E-state index in [1.807, 2.05) is 0 Å². The maximum atomic E-state index is 13.6. The Balaban J connectivity index is 0.000000406. The van der Waals surface area contributed by atoms with Crippen molar-refractivity contribution in [3.8, 4) is 16.9 Å². The maximum absolute atomic E-state index is 13.6. The molecule has 34 heavy (non-hydrogen) atoms. The largest absolute Gasteiger partial charge is 0.490 e. The van der Waals surface area contributed by atoms with Crippen molar-refractivity contribution >= 4 is 12.1 Å². The highest BCUT2D eigenvalue weighted by Gasteiger charge is 2.49. The number of nitrogens with zero attached hydrogens (tertiary/aromatic N) is 2. The number of aliphatic carboxylic acids is 1. The summed E-state index contributed by atoms with van der Waals surface area (Å²) < 4.78 is 79.8. The zero-order valence-corrected chi connectivity index (χ0v) is 17.1. The topological polar surface area (TPSA) is 101 Å². The molecule has 0 saturated carbocycles. The first-order chi connectivity index (χ1) is 15.9. The predicted molar refractivity (Wildman–Crippen MR) is 102 cm³/mol. The number of halogens is 6. The molecule has 2 aliphatic rings. The van der Waals surface area contributed by atoms with E-state index in [9.17, 15) is 31.1 Å². The van der Waals surface area contributed by atoms with Crippen LogP contribution in [-0.4, -0.2) is 65.1 Å². The quantitative estimate of drug-likeness (QED) is 0.616. The van der Waals surface area contributed by atoms with Gasteiger partial charge in [0.05, 0.1) is 13.1 Å². The van der Waals surface area contributed by atoms with E-state index >= 15 is 0 Å². The predicted octanol–water partition coefficient (Wildman–Crippen LogP) is 3.42. The fourth-order valence-corrected chi connectivity index (χ4v) is 3.22. The summed E-state index contributed by atoms with van der Waals surface area (Å²) in [6.45, 7) is -1.05. The van der Waals surface area contributed by atoms with Gasteiger partial charge in [-0.1, -0.05) is 6.07 Å². The molecule has 1 spiro atoms. The number of carboxylic acid groups (broad SMARTS) is 1. The van der Waals surface area contributed by atoms with Crippen molar-refractivity contribution in [2.24, 2.45) is 0 Å². The van der Waals surface area contributed by atoms with E-state index in [1.54, 1.807) is 17.2 Å². The summed E-state index contributed by atoms with van der Waals surface area (Å²) in [5.41, 5.74) is 1.37. The van der Waals surface area contributed by atoms with Crippen molar-refractivity contribution in [2.75, 3.05) is 19.6 Å². The van der Waals surface area contributed by atoms with Crippen LogP contribution >= 0.6 is 0 Å². The lowest BCUT2D eigenvalue weighted by molar-refractivity contribution is -0.192. The Kier molecular flexibility index (Phi) is 7.19. The van der Waals surface area contributed by atoms with Crippen molar-refractivity contribution in [1.82, 2.24) is 15.2 Å². The fourth-order valence-electron chi connectivity index (χ4n) is 3.22. The number of carboxylic acids is 1. The highest BCUT2D eigenvalue weighted by atomic mass is 19.4. The molecule has 184 valence electrons. The molecule has 1 aromatic heterocycles. The van der Waals surface area contributed by atoms with Crippen LogP contribution in [0.4, 0.5) is 31.1 Å². The number of alkyl halides is 5. The highest BCUT2D eigenvalue weighted by molar-refractivity contribution is 5.73. The van der Waals surface area contributed by atoms with Crippen LogP contribution in [0.3, 0.4) is 0 Å². The lowest BCUT2D eigenvalue weighted by Crippen LogP contribution is -2.61. The standard InChI is InChI=1S/C18H16F3N3O3.C2HF3O2/c19-14-2-1-12(4-15(14)26-16(20)21)13-3-11(5-22-6-13)7-24-10-18(8-23-9-18)27-17(24)25;3-2(4,5)1(6)7/h1-6,16,23H,7-10H2;(H,6,7). The Hall–Kier alpha value is -3.55. The Bertz CT molecular complexity index is 1060. The van der Waals surface area contributed by atoms with E-state index in [4.69, 9.17) is 14.6 Å². The van der Waals surface area contributed by atoms with Gasteiger partial charge in [-0.05, 0) is 29.3 Å². The van der Waals surface area contributed by atoms with Crippen LogP contribution in [0.1, 0.15) is 5.56 Å². The second kappa shape index (κ2) is 9.75. The molecule has 0 bridgehead atoms. The third-order valence-corrected chi connectivity index (χ3v) is 4.83. The number of aromatic nitrogens is 1. The van der Waals surface area contributed by atoms with E-state index in [-0.39, 0.29) is 6.09 Å². The van der Waals surface area contributed by atoms with Crippen molar-refractivity contribution < 1.29 is 50.5 Å². The number of carbonyl (C=O) groups is 2. The molecule has 2 aromatic rings. The number of nitrogens with one attached hydrogen (secondary N) is 1. The molecular weight excluding hydrogens is 476 g/mol. The van der Waals surface area contributed by atoms with Crippen LogP contribution in [0.5, 0.6) is 5.75 Å². The first-order valence-electron chi connectivity index (χ1n) is 9.56. The number of benzene rings is 1. The molecule has 8 nitrogen and oxygen atoms in total. The molecule has 3 heterocycles. The third-order valence-electron chi connectivity index (χ3n) is 4.83. The first-order valence-corrected chi connectivity index (χ1v) is 9.56. The maximum Gasteiger partial charge on any atom is 0.490 e. The van der Waals surface area contributed by atoms with Gasteiger partial charge in [0.25, 0.3) is 0 Å². The summed E-state index contributed by atoms with van der Waals surface area (Å²) in [5.74, 6) is -4.16. The van der Waals surface area contributed by atoms with Crippen molar-refractivity contribution in [3.63, 3.8) is 0 Å². The number of rotatable bonds is 5. The molecule has 2 saturated heterocycles. The Morgan fingerprint density at radius 3 is 2.44 bits per heavy atom. The monoisotopic (exact) mass is 493 g/mol. The SMILES string of the molecule is O=C(O)C(F)(F)F.O=C1OC2(CNC2)CN1Cc1cncc(-c2ccc(F)c(OC(F)F)c2)c1. The molecule has 1 amide bonds. The summed E-state index contributed by atoms with van der Waals surface area (Å²) >= 11 is 0. The van der Waals surface area contributed by atoms with Crippen LogP contribution in [0.15, 0.2) is 36.7 Å². The number of carbonyl (C=O) groups excluding carboxylic acids is 1. The Morgan fingerprint density at radius 2 is 1.91 bits per heavy atom. The number of hydrogen-bond donors (Lipinski definition) is 2. The number of ether oxygens (including phenoxy) is 2. The normalized spacial score (nSPS) is 16.6. The molecule has 2 fully saturated rings. The van der Waals surface area contributed by atoms with Crippen molar-refractivity contribution in [2.45, 2.75) is 24.9 Å². The van der Waals surface area contributed by atoms with E-state index in [0.29, 0.717) is 37.3 Å². The molecule has 0 radical (unpaired) electrons. The molecule has 2 N–H and O–H groups in total. The lowest BCUT2D eigenvalue weighted by Gasteiger charge is -2.36. The van der Waals surface area contributed by atoms with Crippen LogP contribution < -0.4 is 10.1 Å². The van der Waals surface area contributed by atoms with Gasteiger partial charge in [0, 0.05) is 31.0 Å². The Labute approximate surface area is 188 Å². The van der Waals surface area contributed by atoms with Crippen LogP contribution in [0.25, 0.3) is 11.1 Å².